The van der Waals surface area contributed by atoms with Crippen molar-refractivity contribution in [2.75, 3.05) is 18.4 Å². The molecule has 4 amide bonds. The maximum Gasteiger partial charge on any atom is 0.463 e. The van der Waals surface area contributed by atoms with Gasteiger partial charge in [-0.15, -0.1) is 0 Å². The minimum atomic E-state index is -6.23. The number of rotatable bonds is 4. The average molecular weight is 671 g/mol. The van der Waals surface area contributed by atoms with Crippen molar-refractivity contribution in [2.24, 2.45) is 23.2 Å². The number of aromatic nitrogens is 1. The van der Waals surface area contributed by atoms with Crippen LogP contribution in [0.2, 0.25) is 0 Å². The molecule has 4 fully saturated rings. The Morgan fingerprint density at radius 2 is 1.87 bits per heavy atom. The van der Waals surface area contributed by atoms with E-state index >= 15 is 4.39 Å². The summed E-state index contributed by atoms with van der Waals surface area (Å²) < 4.78 is 88.6. The number of nitriles is 1. The molecule has 0 unspecified atom stereocenters. The number of amides is 4. The summed E-state index contributed by atoms with van der Waals surface area (Å²) in [6.07, 6.45) is -4.53. The van der Waals surface area contributed by atoms with Crippen molar-refractivity contribution in [1.29, 1.82) is 5.26 Å². The van der Waals surface area contributed by atoms with E-state index < -0.39 is 94.8 Å². The Morgan fingerprint density at radius 3 is 2.51 bits per heavy atom. The molecule has 3 aliphatic heterocycles. The van der Waals surface area contributed by atoms with E-state index in [0.717, 1.165) is 9.80 Å². The van der Waals surface area contributed by atoms with Gasteiger partial charge in [-0.1, -0.05) is 20.8 Å². The first kappa shape index (κ1) is 32.8. The molecule has 11 nitrogen and oxygen atoms in total. The third kappa shape index (κ3) is 5.14. The van der Waals surface area contributed by atoms with E-state index in [9.17, 15) is 46.4 Å². The van der Waals surface area contributed by atoms with Crippen LogP contribution in [0.25, 0.3) is 0 Å². The summed E-state index contributed by atoms with van der Waals surface area (Å²) in [5.74, 6) is -12.6. The molecule has 2 aliphatic carbocycles. The number of nitrogens with zero attached hydrogens (tertiary/aromatic N) is 4. The molecule has 2 saturated carbocycles. The molecule has 254 valence electrons. The van der Waals surface area contributed by atoms with Crippen LogP contribution in [0.1, 0.15) is 46.5 Å². The molecule has 47 heavy (non-hydrogen) atoms. The highest BCUT2D eigenvalue weighted by Gasteiger charge is 2.70. The maximum absolute atomic E-state index is 15.5. The molecule has 6 rings (SSSR count). The Hall–Kier alpha value is -4.10. The van der Waals surface area contributed by atoms with Gasteiger partial charge in [0.15, 0.2) is 11.6 Å². The summed E-state index contributed by atoms with van der Waals surface area (Å²) in [5, 5.41) is 14.3. The molecule has 2 N–H and O–H groups in total. The van der Waals surface area contributed by atoms with Crippen LogP contribution in [0.15, 0.2) is 18.3 Å². The molecule has 0 aromatic carbocycles. The van der Waals surface area contributed by atoms with E-state index in [0.29, 0.717) is 0 Å². The molecule has 2 saturated heterocycles. The fraction of sp³-hybridized carbons (Fsp3) is 0.667. The number of fused-ring (bicyclic) bond motifs is 4. The van der Waals surface area contributed by atoms with Gasteiger partial charge in [0.1, 0.15) is 23.8 Å². The van der Waals surface area contributed by atoms with Crippen molar-refractivity contribution in [3.63, 3.8) is 0 Å². The molecule has 4 heterocycles. The second-order valence-corrected chi connectivity index (χ2v) is 14.2. The molecule has 1 aromatic rings. The minimum absolute atomic E-state index is 0.109. The molecule has 8 atom stereocenters. The summed E-state index contributed by atoms with van der Waals surface area (Å²) >= 11 is 0. The number of hydrogen-bond acceptors (Lipinski definition) is 7. The van der Waals surface area contributed by atoms with Gasteiger partial charge in [0, 0.05) is 25.1 Å². The Morgan fingerprint density at radius 1 is 1.17 bits per heavy atom. The maximum atomic E-state index is 15.5. The predicted molar refractivity (Wildman–Crippen MR) is 148 cm³/mol. The zero-order valence-corrected chi connectivity index (χ0v) is 25.5. The third-order valence-corrected chi connectivity index (χ3v) is 10.2. The van der Waals surface area contributed by atoms with Crippen LogP contribution in [0, 0.1) is 34.5 Å². The molecule has 1 spiro atoms. The first-order valence-electron chi connectivity index (χ1n) is 15.1. The van der Waals surface area contributed by atoms with Crippen molar-refractivity contribution in [1.82, 2.24) is 20.1 Å². The van der Waals surface area contributed by atoms with Gasteiger partial charge in [-0.2, -0.15) is 27.2 Å². The van der Waals surface area contributed by atoms with Crippen LogP contribution >= 0.6 is 0 Å². The van der Waals surface area contributed by atoms with Crippen LogP contribution in [0.3, 0.4) is 0 Å². The van der Waals surface area contributed by atoms with E-state index in [-0.39, 0.29) is 43.8 Å². The number of carbonyl (C=O) groups excluding carboxylic acids is 4. The smallest absolute Gasteiger partial charge is 0.463 e. The van der Waals surface area contributed by atoms with Crippen molar-refractivity contribution in [2.45, 2.75) is 87.9 Å². The van der Waals surface area contributed by atoms with Crippen molar-refractivity contribution < 1.29 is 50.3 Å². The molecule has 17 heteroatoms. The molecule has 0 radical (unpaired) electrons. The van der Waals surface area contributed by atoms with Gasteiger partial charge < -0.3 is 25.2 Å². The summed E-state index contributed by atoms with van der Waals surface area (Å²) in [5.41, 5.74) is -4.71. The quantitative estimate of drug-likeness (QED) is 0.469. The van der Waals surface area contributed by atoms with Crippen LogP contribution in [-0.4, -0.2) is 93.0 Å². The minimum Gasteiger partial charge on any atom is -0.472 e. The fourth-order valence-electron chi connectivity index (χ4n) is 7.65. The molecule has 0 bridgehead atoms. The van der Waals surface area contributed by atoms with Gasteiger partial charge in [-0.3, -0.25) is 19.2 Å². The number of halogens is 6. The second-order valence-electron chi connectivity index (χ2n) is 14.2. The lowest BCUT2D eigenvalue weighted by molar-refractivity contribution is -0.270. The number of alkyl halides is 6. The van der Waals surface area contributed by atoms with Crippen molar-refractivity contribution in [3.05, 3.63) is 18.3 Å². The van der Waals surface area contributed by atoms with Gasteiger partial charge in [0.2, 0.25) is 17.4 Å². The first-order valence-corrected chi connectivity index (χ1v) is 15.1. The van der Waals surface area contributed by atoms with E-state index in [1.165, 1.54) is 33.0 Å². The standard InChI is InChI=1S/C30H32F6N6O5/c1-26(2,3)20(39-25(46)29(32,33)30(34,35)36)23(44)41-12-14-6-7-27(31)10-16(27)18(14)19(41)22(43)42-13-28(9-15(42)11-37)24(45)40-21-17(47-28)5-4-8-38-21/h4-5,8,14-16,18-20H,6-7,9-10,12-13H2,1-3H3,(H,39,46)(H,38,40,45)/t14-,15-,16-,18+,19-,20+,27+,28+/m0/s1. The summed E-state index contributed by atoms with van der Waals surface area (Å²) in [7, 11) is 0. The summed E-state index contributed by atoms with van der Waals surface area (Å²) in [6, 6.07) is 0.457. The number of pyridine rings is 1. The summed E-state index contributed by atoms with van der Waals surface area (Å²) in [4.78, 5) is 60.4. The Labute approximate surface area is 265 Å². The Kier molecular flexibility index (Phi) is 7.30. The second kappa shape index (κ2) is 10.4. The topological polar surface area (TPSA) is 145 Å². The Bertz CT molecular complexity index is 1580. The van der Waals surface area contributed by atoms with Crippen LogP contribution in [-0.2, 0) is 19.2 Å². The van der Waals surface area contributed by atoms with E-state index in [1.807, 2.05) is 6.07 Å². The third-order valence-electron chi connectivity index (χ3n) is 10.2. The Balaban J connectivity index is 1.34. The predicted octanol–water partition coefficient (Wildman–Crippen LogP) is 2.97. The normalized spacial score (nSPS) is 33.5. The highest BCUT2D eigenvalue weighted by atomic mass is 19.4. The van der Waals surface area contributed by atoms with Gasteiger partial charge in [0.25, 0.3) is 5.91 Å². The van der Waals surface area contributed by atoms with E-state index in [4.69, 9.17) is 4.74 Å². The zero-order valence-electron chi connectivity index (χ0n) is 25.5. The highest BCUT2D eigenvalue weighted by molar-refractivity contribution is 6.01. The molecular formula is C30H32F6N6O5. The number of ether oxygens (including phenoxy) is 1. The lowest BCUT2D eigenvalue weighted by Gasteiger charge is -2.38. The van der Waals surface area contributed by atoms with Crippen LogP contribution < -0.4 is 15.4 Å². The number of anilines is 1. The number of nitrogens with one attached hydrogen (secondary N) is 2. The SMILES string of the molecule is CC(C)(C)[C@H](NC(=O)C(F)(F)C(F)(F)F)C(=O)N1C[C@@H]2CC[C@@]3(F)C[C@H]3[C@@H]2[C@H]1C(=O)N1C[C@@]2(C[C@H]1C#N)Oc1cccnc1NC2=O. The average Bonchev–Trinajstić information content (AvgIpc) is 3.34. The van der Waals surface area contributed by atoms with Gasteiger partial charge in [-0.25, -0.2) is 9.37 Å². The van der Waals surface area contributed by atoms with Gasteiger partial charge in [-0.05, 0) is 48.6 Å². The molecular weight excluding hydrogens is 638 g/mol. The van der Waals surface area contributed by atoms with E-state index in [1.54, 1.807) is 11.4 Å². The van der Waals surface area contributed by atoms with E-state index in [2.05, 4.69) is 10.3 Å². The largest absolute Gasteiger partial charge is 0.472 e. The number of carbonyl (C=O) groups is 4. The van der Waals surface area contributed by atoms with Gasteiger partial charge >= 0.3 is 18.0 Å². The number of likely N-dealkylation sites (tertiary alicyclic amines) is 2. The first-order chi connectivity index (χ1) is 21.7. The number of hydrogen-bond donors (Lipinski definition) is 2. The lowest BCUT2D eigenvalue weighted by Crippen LogP contribution is -2.62. The van der Waals surface area contributed by atoms with Crippen molar-refractivity contribution in [3.8, 4) is 11.8 Å². The molecule has 5 aliphatic rings. The monoisotopic (exact) mass is 670 g/mol. The van der Waals surface area contributed by atoms with Gasteiger partial charge in [0.05, 0.1) is 12.6 Å². The van der Waals surface area contributed by atoms with Crippen LogP contribution in [0.4, 0.5) is 32.2 Å². The highest BCUT2D eigenvalue weighted by Crippen LogP contribution is 2.64. The fourth-order valence-corrected chi connectivity index (χ4v) is 7.65. The summed E-state index contributed by atoms with van der Waals surface area (Å²) in [6.45, 7) is 3.45. The van der Waals surface area contributed by atoms with Crippen molar-refractivity contribution >= 4 is 29.4 Å². The zero-order chi connectivity index (χ0) is 34.5. The molecule has 1 aromatic heterocycles. The lowest BCUT2D eigenvalue weighted by atomic mass is 9.77. The van der Waals surface area contributed by atoms with Crippen LogP contribution in [0.5, 0.6) is 5.75 Å².